The number of amides is 1. The van der Waals surface area contributed by atoms with Crippen molar-refractivity contribution >= 4 is 23.1 Å². The van der Waals surface area contributed by atoms with Crippen molar-refractivity contribution in [3.05, 3.63) is 0 Å². The summed E-state index contributed by atoms with van der Waals surface area (Å²) in [6.07, 6.45) is 2.81. The van der Waals surface area contributed by atoms with Crippen LogP contribution in [0.25, 0.3) is 0 Å². The van der Waals surface area contributed by atoms with Crippen molar-refractivity contribution in [2.45, 2.75) is 19.3 Å². The van der Waals surface area contributed by atoms with Crippen LogP contribution < -0.4 is 5.73 Å². The molecule has 88 valence electrons. The molecule has 0 saturated carbocycles. The lowest BCUT2D eigenvalue weighted by molar-refractivity contribution is -0.129. The van der Waals surface area contributed by atoms with Crippen LogP contribution in [-0.2, 0) is 4.79 Å². The van der Waals surface area contributed by atoms with Gasteiger partial charge in [0.05, 0.1) is 11.5 Å². The van der Waals surface area contributed by atoms with Gasteiger partial charge in [-0.15, -0.1) is 0 Å². The molecule has 0 atom stereocenters. The van der Waals surface area contributed by atoms with Gasteiger partial charge in [-0.25, -0.2) is 0 Å². The molecule has 0 saturated heterocycles. The molecule has 0 aromatic carbocycles. The SMILES string of the molecule is CN(CCCCC(N)=S)CC(=O)N(C)C. The number of hydrogen-bond acceptors (Lipinski definition) is 3. The fraction of sp³-hybridized carbons (Fsp3) is 0.800. The Balaban J connectivity index is 3.53. The van der Waals surface area contributed by atoms with E-state index in [0.717, 1.165) is 25.8 Å². The fourth-order valence-corrected chi connectivity index (χ4v) is 1.28. The highest BCUT2D eigenvalue weighted by atomic mass is 32.1. The number of unbranched alkanes of at least 4 members (excludes halogenated alkanes) is 1. The minimum absolute atomic E-state index is 0.131. The number of rotatable bonds is 7. The molecule has 0 aromatic heterocycles. The van der Waals surface area contributed by atoms with E-state index in [2.05, 4.69) is 0 Å². The van der Waals surface area contributed by atoms with Crippen molar-refractivity contribution in [3.8, 4) is 0 Å². The zero-order valence-electron chi connectivity index (χ0n) is 9.82. The van der Waals surface area contributed by atoms with Gasteiger partial charge in [-0.05, 0) is 32.9 Å². The minimum Gasteiger partial charge on any atom is -0.393 e. The first-order valence-electron chi connectivity index (χ1n) is 5.10. The van der Waals surface area contributed by atoms with Crippen LogP contribution in [0.1, 0.15) is 19.3 Å². The number of carbonyl (C=O) groups is 1. The number of nitrogens with zero attached hydrogens (tertiary/aromatic N) is 2. The highest BCUT2D eigenvalue weighted by Gasteiger charge is 2.07. The fourth-order valence-electron chi connectivity index (χ4n) is 1.13. The maximum absolute atomic E-state index is 11.3. The Morgan fingerprint density at radius 2 is 1.87 bits per heavy atom. The maximum Gasteiger partial charge on any atom is 0.236 e. The molecule has 0 bridgehead atoms. The molecular weight excluding hydrogens is 210 g/mol. The monoisotopic (exact) mass is 231 g/mol. The number of hydrogen-bond donors (Lipinski definition) is 1. The van der Waals surface area contributed by atoms with Crippen LogP contribution in [0.2, 0.25) is 0 Å². The molecule has 0 unspecified atom stereocenters. The zero-order chi connectivity index (χ0) is 11.8. The van der Waals surface area contributed by atoms with Crippen molar-refractivity contribution in [2.75, 3.05) is 34.2 Å². The zero-order valence-corrected chi connectivity index (χ0v) is 10.6. The van der Waals surface area contributed by atoms with E-state index in [0.29, 0.717) is 11.5 Å². The molecule has 15 heavy (non-hydrogen) atoms. The van der Waals surface area contributed by atoms with Gasteiger partial charge in [0.1, 0.15) is 0 Å². The molecule has 0 radical (unpaired) electrons. The normalized spacial score (nSPS) is 10.4. The summed E-state index contributed by atoms with van der Waals surface area (Å²) in [5.74, 6) is 0.131. The summed E-state index contributed by atoms with van der Waals surface area (Å²) in [6.45, 7) is 1.38. The molecule has 2 N–H and O–H groups in total. The second kappa shape index (κ2) is 7.59. The summed E-state index contributed by atoms with van der Waals surface area (Å²) in [7, 11) is 5.48. The molecule has 0 spiro atoms. The third-order valence-corrected chi connectivity index (χ3v) is 2.32. The molecule has 0 rings (SSSR count). The predicted molar refractivity (Wildman–Crippen MR) is 66.8 cm³/mol. The van der Waals surface area contributed by atoms with Crippen LogP contribution in [-0.4, -0.2) is 54.9 Å². The second-order valence-electron chi connectivity index (χ2n) is 3.95. The molecule has 1 amide bonds. The van der Waals surface area contributed by atoms with Crippen molar-refractivity contribution in [1.82, 2.24) is 9.80 Å². The van der Waals surface area contributed by atoms with Gasteiger partial charge in [-0.3, -0.25) is 9.69 Å². The van der Waals surface area contributed by atoms with Gasteiger partial charge in [0.25, 0.3) is 0 Å². The van der Waals surface area contributed by atoms with Crippen molar-refractivity contribution in [2.24, 2.45) is 5.73 Å². The van der Waals surface area contributed by atoms with Crippen molar-refractivity contribution < 1.29 is 4.79 Å². The standard InChI is InChI=1S/C10H21N3OS/c1-12(2)10(14)8-13(3)7-5-4-6-9(11)15/h4-8H2,1-3H3,(H2,11,15). The summed E-state index contributed by atoms with van der Waals surface area (Å²) in [4.78, 5) is 15.5. The lowest BCUT2D eigenvalue weighted by Crippen LogP contribution is -2.34. The summed E-state index contributed by atoms with van der Waals surface area (Å²) >= 11 is 4.78. The third kappa shape index (κ3) is 8.32. The third-order valence-electron chi connectivity index (χ3n) is 2.12. The molecule has 0 heterocycles. The first kappa shape index (κ1) is 14.3. The van der Waals surface area contributed by atoms with E-state index in [1.807, 2.05) is 11.9 Å². The van der Waals surface area contributed by atoms with Gasteiger partial charge in [0, 0.05) is 14.1 Å². The Labute approximate surface area is 97.4 Å². The minimum atomic E-state index is 0.131. The summed E-state index contributed by atoms with van der Waals surface area (Å²) in [5, 5.41) is 0. The van der Waals surface area contributed by atoms with E-state index < -0.39 is 0 Å². The Bertz CT molecular complexity index is 219. The van der Waals surface area contributed by atoms with Gasteiger partial charge < -0.3 is 10.6 Å². The molecule has 0 aliphatic carbocycles. The second-order valence-corrected chi connectivity index (χ2v) is 4.47. The van der Waals surface area contributed by atoms with Gasteiger partial charge >= 0.3 is 0 Å². The molecule has 0 aliphatic rings. The Morgan fingerprint density at radius 1 is 1.27 bits per heavy atom. The average Bonchev–Trinajstić information content (AvgIpc) is 2.12. The van der Waals surface area contributed by atoms with Crippen LogP contribution in [0.3, 0.4) is 0 Å². The average molecular weight is 231 g/mol. The number of likely N-dealkylation sites (N-methyl/N-ethyl adjacent to an activating group) is 2. The topological polar surface area (TPSA) is 49.6 Å². The Morgan fingerprint density at radius 3 is 2.33 bits per heavy atom. The summed E-state index contributed by atoms with van der Waals surface area (Å²) in [5.41, 5.74) is 5.39. The van der Waals surface area contributed by atoms with Gasteiger partial charge in [-0.1, -0.05) is 12.2 Å². The van der Waals surface area contributed by atoms with Crippen molar-refractivity contribution in [3.63, 3.8) is 0 Å². The van der Waals surface area contributed by atoms with Crippen molar-refractivity contribution in [1.29, 1.82) is 0 Å². The summed E-state index contributed by atoms with van der Waals surface area (Å²) in [6, 6.07) is 0. The maximum atomic E-state index is 11.3. The molecular formula is C10H21N3OS. The Kier molecular flexibility index (Phi) is 7.25. The van der Waals surface area contributed by atoms with Crippen LogP contribution in [0.4, 0.5) is 0 Å². The smallest absolute Gasteiger partial charge is 0.236 e. The van der Waals surface area contributed by atoms with E-state index in [9.17, 15) is 4.79 Å². The van der Waals surface area contributed by atoms with E-state index in [-0.39, 0.29) is 5.91 Å². The number of nitrogens with two attached hydrogens (primary N) is 1. The highest BCUT2D eigenvalue weighted by Crippen LogP contribution is 1.98. The highest BCUT2D eigenvalue weighted by molar-refractivity contribution is 7.80. The molecule has 0 aromatic rings. The van der Waals surface area contributed by atoms with E-state index in [1.54, 1.807) is 19.0 Å². The Hall–Kier alpha value is -0.680. The quantitative estimate of drug-likeness (QED) is 0.511. The largest absolute Gasteiger partial charge is 0.393 e. The van der Waals surface area contributed by atoms with E-state index in [1.165, 1.54) is 0 Å². The lowest BCUT2D eigenvalue weighted by Gasteiger charge is -2.18. The van der Waals surface area contributed by atoms with Crippen LogP contribution in [0, 0.1) is 0 Å². The molecule has 4 nitrogen and oxygen atoms in total. The van der Waals surface area contributed by atoms with Crippen LogP contribution in [0.15, 0.2) is 0 Å². The number of carbonyl (C=O) groups excluding carboxylic acids is 1. The van der Waals surface area contributed by atoms with Crippen LogP contribution in [0.5, 0.6) is 0 Å². The first-order valence-corrected chi connectivity index (χ1v) is 5.51. The molecule has 0 aliphatic heterocycles. The molecule has 0 fully saturated rings. The lowest BCUT2D eigenvalue weighted by atomic mass is 10.2. The summed E-state index contributed by atoms with van der Waals surface area (Å²) < 4.78 is 0. The van der Waals surface area contributed by atoms with Gasteiger partial charge in [0.15, 0.2) is 0 Å². The number of thiocarbonyl (C=S) groups is 1. The molecule has 5 heteroatoms. The van der Waals surface area contributed by atoms with E-state index in [4.69, 9.17) is 18.0 Å². The van der Waals surface area contributed by atoms with Crippen LogP contribution >= 0.6 is 12.2 Å². The van der Waals surface area contributed by atoms with Gasteiger partial charge in [0.2, 0.25) is 5.91 Å². The van der Waals surface area contributed by atoms with Gasteiger partial charge in [-0.2, -0.15) is 0 Å². The first-order chi connectivity index (χ1) is 6.93. The van der Waals surface area contributed by atoms with E-state index >= 15 is 0 Å². The predicted octanol–water partition coefficient (Wildman–Crippen LogP) is 0.463.